The number of carboxylic acid groups (broad SMARTS) is 1. The van der Waals surface area contributed by atoms with Crippen LogP contribution in [-0.2, 0) is 0 Å². The van der Waals surface area contributed by atoms with E-state index < -0.39 is 5.97 Å². The fraction of sp³-hybridized carbons (Fsp3) is 0. The normalized spacial score (nSPS) is 10.1. The van der Waals surface area contributed by atoms with Crippen LogP contribution in [0.4, 0.5) is 11.4 Å². The van der Waals surface area contributed by atoms with E-state index in [-0.39, 0.29) is 5.56 Å². The molecule has 2 aromatic carbocycles. The third-order valence-electron chi connectivity index (χ3n) is 2.34. The van der Waals surface area contributed by atoms with Crippen molar-refractivity contribution in [2.45, 2.75) is 0 Å². The third kappa shape index (κ3) is 3.03. The number of rotatable bonds is 3. The minimum atomic E-state index is -0.936. The van der Waals surface area contributed by atoms with Gasteiger partial charge < -0.3 is 10.4 Å². The van der Waals surface area contributed by atoms with Gasteiger partial charge in [-0.25, -0.2) is 4.79 Å². The average Bonchev–Trinajstić information content (AvgIpc) is 2.33. The summed E-state index contributed by atoms with van der Waals surface area (Å²) in [5.41, 5.74) is 1.93. The van der Waals surface area contributed by atoms with Gasteiger partial charge in [-0.3, -0.25) is 0 Å². The Morgan fingerprint density at radius 1 is 1.17 bits per heavy atom. The second-order valence-corrected chi connectivity index (χ2v) is 4.92. The van der Waals surface area contributed by atoms with E-state index in [1.54, 1.807) is 36.4 Å². The lowest BCUT2D eigenvalue weighted by molar-refractivity contribution is 0.0697. The first kappa shape index (κ1) is 12.9. The molecule has 0 fully saturated rings. The maximum atomic E-state index is 10.7. The Labute approximate surface area is 118 Å². The van der Waals surface area contributed by atoms with E-state index in [9.17, 15) is 4.79 Å². The Morgan fingerprint density at radius 2 is 1.83 bits per heavy atom. The molecule has 0 atom stereocenters. The molecule has 0 bridgehead atoms. The molecule has 0 saturated heterocycles. The van der Waals surface area contributed by atoms with Gasteiger partial charge in [-0.2, -0.15) is 0 Å². The summed E-state index contributed by atoms with van der Waals surface area (Å²) in [5.74, 6) is -0.936. The van der Waals surface area contributed by atoms with E-state index in [1.807, 2.05) is 6.07 Å². The quantitative estimate of drug-likeness (QED) is 0.870. The number of halogens is 2. The maximum absolute atomic E-state index is 10.7. The van der Waals surface area contributed by atoms with Crippen molar-refractivity contribution in [2.24, 2.45) is 0 Å². The third-order valence-corrected chi connectivity index (χ3v) is 3.23. The van der Waals surface area contributed by atoms with Crippen molar-refractivity contribution in [1.82, 2.24) is 0 Å². The summed E-state index contributed by atoms with van der Waals surface area (Å²) in [6.07, 6.45) is 0. The summed E-state index contributed by atoms with van der Waals surface area (Å²) in [6, 6.07) is 11.9. The highest BCUT2D eigenvalue weighted by atomic mass is 79.9. The van der Waals surface area contributed by atoms with Crippen molar-refractivity contribution in [3.05, 3.63) is 57.5 Å². The molecular formula is C13H9BrClNO2. The van der Waals surface area contributed by atoms with Crippen molar-refractivity contribution < 1.29 is 9.90 Å². The largest absolute Gasteiger partial charge is 0.478 e. The van der Waals surface area contributed by atoms with Gasteiger partial charge in [0.25, 0.3) is 0 Å². The molecule has 2 aromatic rings. The van der Waals surface area contributed by atoms with E-state index >= 15 is 0 Å². The summed E-state index contributed by atoms with van der Waals surface area (Å²) in [6.45, 7) is 0. The van der Waals surface area contributed by atoms with E-state index in [4.69, 9.17) is 16.7 Å². The molecule has 0 radical (unpaired) electrons. The van der Waals surface area contributed by atoms with Crippen LogP contribution in [0.1, 0.15) is 10.4 Å². The second kappa shape index (κ2) is 5.42. The molecule has 2 rings (SSSR count). The Kier molecular flexibility index (Phi) is 3.89. The number of carboxylic acids is 1. The van der Waals surface area contributed by atoms with Crippen molar-refractivity contribution >= 4 is 44.9 Å². The van der Waals surface area contributed by atoms with E-state index in [2.05, 4.69) is 21.2 Å². The molecule has 0 saturated carbocycles. The number of hydrogen-bond donors (Lipinski definition) is 2. The molecule has 0 aliphatic carbocycles. The van der Waals surface area contributed by atoms with Crippen LogP contribution >= 0.6 is 27.5 Å². The van der Waals surface area contributed by atoms with Gasteiger partial charge in [0.1, 0.15) is 0 Å². The maximum Gasteiger partial charge on any atom is 0.335 e. The van der Waals surface area contributed by atoms with Crippen LogP contribution in [0.5, 0.6) is 0 Å². The highest BCUT2D eigenvalue weighted by molar-refractivity contribution is 9.10. The van der Waals surface area contributed by atoms with Crippen LogP contribution in [-0.4, -0.2) is 11.1 Å². The minimum absolute atomic E-state index is 0.260. The number of aromatic carboxylic acids is 1. The molecular weight excluding hydrogens is 318 g/mol. The monoisotopic (exact) mass is 325 g/mol. The average molecular weight is 327 g/mol. The van der Waals surface area contributed by atoms with Crippen LogP contribution in [0.2, 0.25) is 5.02 Å². The molecule has 0 aromatic heterocycles. The van der Waals surface area contributed by atoms with Crippen molar-refractivity contribution in [3.63, 3.8) is 0 Å². The van der Waals surface area contributed by atoms with Gasteiger partial charge in [0.15, 0.2) is 0 Å². The first-order valence-corrected chi connectivity index (χ1v) is 6.29. The summed E-state index contributed by atoms with van der Waals surface area (Å²) in [7, 11) is 0. The Bertz CT molecular complexity index is 584. The topological polar surface area (TPSA) is 49.3 Å². The number of nitrogens with one attached hydrogen (secondary N) is 1. The molecule has 0 aliphatic heterocycles. The lowest BCUT2D eigenvalue weighted by atomic mass is 10.2. The molecule has 0 amide bonds. The molecule has 18 heavy (non-hydrogen) atoms. The number of hydrogen-bond acceptors (Lipinski definition) is 2. The number of carbonyl (C=O) groups is 1. The molecule has 0 heterocycles. The predicted molar refractivity (Wildman–Crippen MR) is 75.8 cm³/mol. The van der Waals surface area contributed by atoms with Crippen LogP contribution in [0.15, 0.2) is 46.9 Å². The molecule has 2 N–H and O–H groups in total. The number of anilines is 2. The van der Waals surface area contributed by atoms with Crippen LogP contribution in [0, 0.1) is 0 Å². The summed E-state index contributed by atoms with van der Waals surface area (Å²) >= 11 is 9.25. The Morgan fingerprint density at radius 3 is 2.39 bits per heavy atom. The predicted octanol–water partition coefficient (Wildman–Crippen LogP) is 4.54. The highest BCUT2D eigenvalue weighted by Crippen LogP contribution is 2.28. The Balaban J connectivity index is 2.21. The van der Waals surface area contributed by atoms with Gasteiger partial charge in [-0.1, -0.05) is 11.6 Å². The molecule has 0 spiro atoms. The lowest BCUT2D eigenvalue weighted by Crippen LogP contribution is -1.96. The van der Waals surface area contributed by atoms with E-state index in [1.165, 1.54) is 0 Å². The molecule has 5 heteroatoms. The number of benzene rings is 2. The smallest absolute Gasteiger partial charge is 0.335 e. The summed E-state index contributed by atoms with van der Waals surface area (Å²) in [5, 5.41) is 12.6. The standard InChI is InChI=1S/C13H9BrClNO2/c14-11-7-9(15)3-6-12(11)16-10-4-1-8(2-5-10)13(17)18/h1-7,16H,(H,17,18). The lowest BCUT2D eigenvalue weighted by Gasteiger charge is -2.09. The van der Waals surface area contributed by atoms with E-state index in [0.717, 1.165) is 15.8 Å². The van der Waals surface area contributed by atoms with Crippen molar-refractivity contribution in [3.8, 4) is 0 Å². The van der Waals surface area contributed by atoms with Gasteiger partial charge >= 0.3 is 5.97 Å². The molecule has 3 nitrogen and oxygen atoms in total. The van der Waals surface area contributed by atoms with Crippen LogP contribution < -0.4 is 5.32 Å². The fourth-order valence-corrected chi connectivity index (χ4v) is 2.22. The molecule has 0 unspecified atom stereocenters. The van der Waals surface area contributed by atoms with Gasteiger partial charge in [-0.15, -0.1) is 0 Å². The first-order valence-electron chi connectivity index (χ1n) is 5.12. The van der Waals surface area contributed by atoms with Crippen molar-refractivity contribution in [1.29, 1.82) is 0 Å². The van der Waals surface area contributed by atoms with Crippen LogP contribution in [0.25, 0.3) is 0 Å². The Hall–Kier alpha value is -1.52. The summed E-state index contributed by atoms with van der Waals surface area (Å²) < 4.78 is 0.845. The fourth-order valence-electron chi connectivity index (χ4n) is 1.44. The zero-order chi connectivity index (χ0) is 13.1. The highest BCUT2D eigenvalue weighted by Gasteiger charge is 2.04. The van der Waals surface area contributed by atoms with Crippen molar-refractivity contribution in [2.75, 3.05) is 5.32 Å². The zero-order valence-corrected chi connectivity index (χ0v) is 11.5. The first-order chi connectivity index (χ1) is 8.56. The molecule has 92 valence electrons. The van der Waals surface area contributed by atoms with Crippen LogP contribution in [0.3, 0.4) is 0 Å². The second-order valence-electron chi connectivity index (χ2n) is 3.63. The SMILES string of the molecule is O=C(O)c1ccc(Nc2ccc(Cl)cc2Br)cc1. The summed E-state index contributed by atoms with van der Waals surface area (Å²) in [4.78, 5) is 10.7. The minimum Gasteiger partial charge on any atom is -0.478 e. The van der Waals surface area contributed by atoms with E-state index in [0.29, 0.717) is 5.02 Å². The molecule has 0 aliphatic rings. The van der Waals surface area contributed by atoms with Gasteiger partial charge in [0.2, 0.25) is 0 Å². The van der Waals surface area contributed by atoms with Gasteiger partial charge in [0, 0.05) is 15.2 Å². The van der Waals surface area contributed by atoms with Gasteiger partial charge in [0.05, 0.1) is 11.3 Å². The van der Waals surface area contributed by atoms with Gasteiger partial charge in [-0.05, 0) is 58.4 Å². The zero-order valence-electron chi connectivity index (χ0n) is 9.15.